The lowest BCUT2D eigenvalue weighted by atomic mass is 9.86. The number of hydrogen-bond donors (Lipinski definition) is 1. The third-order valence-corrected chi connectivity index (χ3v) is 5.78. The molecule has 24 heavy (non-hydrogen) atoms. The molecular weight excluding hydrogens is 326 g/mol. The van der Waals surface area contributed by atoms with Gasteiger partial charge < -0.3 is 10.1 Å². The summed E-state index contributed by atoms with van der Waals surface area (Å²) >= 11 is 1.10. The summed E-state index contributed by atoms with van der Waals surface area (Å²) in [6, 6.07) is 5.41. The minimum atomic E-state index is -0.350. The summed E-state index contributed by atoms with van der Waals surface area (Å²) in [5.74, 6) is 1.33. The van der Waals surface area contributed by atoms with Gasteiger partial charge in [0.25, 0.3) is 5.91 Å². The number of benzene rings is 1. The summed E-state index contributed by atoms with van der Waals surface area (Å²) in [5, 5.41) is 2.74. The second-order valence-corrected chi connectivity index (χ2v) is 7.31. The van der Waals surface area contributed by atoms with Crippen LogP contribution in [0.2, 0.25) is 0 Å². The Bertz CT molecular complexity index is 775. The van der Waals surface area contributed by atoms with Gasteiger partial charge in [-0.05, 0) is 49.1 Å². The van der Waals surface area contributed by atoms with Gasteiger partial charge in [0.15, 0.2) is 6.61 Å². The smallest absolute Gasteiger partial charge is 0.306 e. The lowest BCUT2D eigenvalue weighted by Crippen LogP contribution is -2.23. The minimum Gasteiger partial charge on any atom is -0.456 e. The molecule has 2 aromatic rings. The van der Waals surface area contributed by atoms with Crippen molar-refractivity contribution in [3.05, 3.63) is 18.2 Å². The van der Waals surface area contributed by atoms with Crippen molar-refractivity contribution in [2.24, 2.45) is 17.8 Å². The Morgan fingerprint density at radius 2 is 2.17 bits per heavy atom. The van der Waals surface area contributed by atoms with Crippen LogP contribution in [0.5, 0.6) is 0 Å². The van der Waals surface area contributed by atoms with E-state index in [0.29, 0.717) is 29.5 Å². The van der Waals surface area contributed by atoms with Crippen LogP contribution in [0.4, 0.5) is 5.69 Å². The third kappa shape index (κ3) is 3.13. The van der Waals surface area contributed by atoms with Crippen molar-refractivity contribution < 1.29 is 14.3 Å². The number of anilines is 1. The Morgan fingerprint density at radius 1 is 1.25 bits per heavy atom. The first-order valence-electron chi connectivity index (χ1n) is 8.36. The number of fused-ring (bicyclic) bond motifs is 3. The van der Waals surface area contributed by atoms with E-state index in [2.05, 4.69) is 14.1 Å². The maximum absolute atomic E-state index is 12.0. The number of nitrogens with one attached hydrogen (secondary N) is 1. The van der Waals surface area contributed by atoms with Crippen LogP contribution in [0.15, 0.2) is 18.2 Å². The molecule has 0 unspecified atom stereocenters. The Kier molecular flexibility index (Phi) is 4.18. The van der Waals surface area contributed by atoms with Crippen LogP contribution in [0.3, 0.4) is 0 Å². The van der Waals surface area contributed by atoms with Crippen LogP contribution >= 0.6 is 11.7 Å². The molecule has 2 aliphatic rings. The summed E-state index contributed by atoms with van der Waals surface area (Å²) in [4.78, 5) is 24.0. The molecule has 1 N–H and O–H groups in total. The zero-order chi connectivity index (χ0) is 16.5. The molecule has 0 saturated heterocycles. The molecule has 1 heterocycles. The summed E-state index contributed by atoms with van der Waals surface area (Å²) < 4.78 is 13.5. The molecule has 6 nitrogen and oxygen atoms in total. The van der Waals surface area contributed by atoms with E-state index in [1.807, 2.05) is 6.07 Å². The van der Waals surface area contributed by atoms with E-state index in [9.17, 15) is 9.59 Å². The average molecular weight is 345 g/mol. The van der Waals surface area contributed by atoms with Gasteiger partial charge in [0, 0.05) is 6.42 Å². The first-order chi connectivity index (χ1) is 11.7. The third-order valence-electron chi connectivity index (χ3n) is 5.24. The second kappa shape index (κ2) is 6.47. The summed E-state index contributed by atoms with van der Waals surface area (Å²) in [7, 11) is 0. The zero-order valence-electron chi connectivity index (χ0n) is 13.2. The fourth-order valence-corrected chi connectivity index (χ4v) is 4.69. The van der Waals surface area contributed by atoms with Gasteiger partial charge in [-0.25, -0.2) is 0 Å². The van der Waals surface area contributed by atoms with Gasteiger partial charge in [-0.2, -0.15) is 8.75 Å². The molecule has 7 heteroatoms. The fraction of sp³-hybridized carbons (Fsp3) is 0.529. The lowest BCUT2D eigenvalue weighted by Gasteiger charge is -2.20. The van der Waals surface area contributed by atoms with Gasteiger partial charge in [0.1, 0.15) is 11.0 Å². The summed E-state index contributed by atoms with van der Waals surface area (Å²) in [6.07, 6.45) is 5.42. The Labute approximate surface area is 143 Å². The van der Waals surface area contributed by atoms with Gasteiger partial charge in [-0.15, -0.1) is 0 Å². The summed E-state index contributed by atoms with van der Waals surface area (Å²) in [5.41, 5.74) is 1.99. The largest absolute Gasteiger partial charge is 0.456 e. The fourth-order valence-electron chi connectivity index (χ4n) is 4.14. The molecule has 2 bridgehead atoms. The molecular formula is C17H19N3O3S. The topological polar surface area (TPSA) is 81.2 Å². The van der Waals surface area contributed by atoms with E-state index in [4.69, 9.17) is 4.74 Å². The molecule has 1 amide bonds. The van der Waals surface area contributed by atoms with Gasteiger partial charge in [-0.3, -0.25) is 9.59 Å². The molecule has 0 aliphatic heterocycles. The van der Waals surface area contributed by atoms with Crippen LogP contribution in [-0.4, -0.2) is 27.2 Å². The highest BCUT2D eigenvalue weighted by Gasteiger charge is 2.40. The first-order valence-corrected chi connectivity index (χ1v) is 9.09. The standard InChI is InChI=1S/C17H19N3O3S/c21-15(18-13-2-1-3-14-17(13)20-24-19-14)9-23-16(22)8-12-7-10-4-5-11(12)6-10/h1-3,10-12H,4-9H2,(H,18,21)/t10-,11+,12+/m0/s1. The molecule has 0 radical (unpaired) electrons. The maximum Gasteiger partial charge on any atom is 0.306 e. The molecule has 1 aromatic carbocycles. The van der Waals surface area contributed by atoms with Gasteiger partial charge in [0.2, 0.25) is 0 Å². The predicted octanol–water partition coefficient (Wildman–Crippen LogP) is 3.00. The van der Waals surface area contributed by atoms with Crippen molar-refractivity contribution in [2.45, 2.75) is 32.1 Å². The lowest BCUT2D eigenvalue weighted by molar-refractivity contribution is -0.148. The Morgan fingerprint density at radius 3 is 2.96 bits per heavy atom. The second-order valence-electron chi connectivity index (χ2n) is 6.79. The Hall–Kier alpha value is -2.02. The highest BCUT2D eigenvalue weighted by atomic mass is 32.1. The number of carbonyl (C=O) groups is 2. The number of hydrogen-bond acceptors (Lipinski definition) is 6. The van der Waals surface area contributed by atoms with Crippen LogP contribution in [0.1, 0.15) is 32.1 Å². The number of carbonyl (C=O) groups excluding carboxylic acids is 2. The van der Waals surface area contributed by atoms with Crippen LogP contribution in [-0.2, 0) is 14.3 Å². The molecule has 2 aliphatic carbocycles. The number of amides is 1. The number of rotatable bonds is 5. The number of ether oxygens (including phenoxy) is 1. The number of esters is 1. The first kappa shape index (κ1) is 15.5. The average Bonchev–Trinajstić information content (AvgIpc) is 3.29. The minimum absolute atomic E-state index is 0.256. The molecule has 2 saturated carbocycles. The monoisotopic (exact) mass is 345 g/mol. The molecule has 126 valence electrons. The number of aromatic nitrogens is 2. The Balaban J connectivity index is 1.27. The highest BCUT2D eigenvalue weighted by molar-refractivity contribution is 7.00. The van der Waals surface area contributed by atoms with Crippen molar-refractivity contribution in [1.82, 2.24) is 8.75 Å². The molecule has 1 aromatic heterocycles. The molecule has 3 atom stereocenters. The predicted molar refractivity (Wildman–Crippen MR) is 90.6 cm³/mol. The van der Waals surface area contributed by atoms with Crippen molar-refractivity contribution >= 4 is 40.3 Å². The van der Waals surface area contributed by atoms with Crippen LogP contribution in [0.25, 0.3) is 11.0 Å². The van der Waals surface area contributed by atoms with E-state index in [-0.39, 0.29) is 18.5 Å². The van der Waals surface area contributed by atoms with Crippen LogP contribution < -0.4 is 5.32 Å². The number of nitrogens with zero attached hydrogens (tertiary/aromatic N) is 2. The normalized spacial score (nSPS) is 25.1. The van der Waals surface area contributed by atoms with Gasteiger partial charge >= 0.3 is 5.97 Å². The van der Waals surface area contributed by atoms with E-state index in [1.165, 1.54) is 19.3 Å². The SMILES string of the molecule is O=C(COC(=O)C[C@H]1C[C@H]2CC[C@@H]1C2)Nc1cccc2nsnc12. The van der Waals surface area contributed by atoms with Gasteiger partial charge in [0.05, 0.1) is 17.4 Å². The van der Waals surface area contributed by atoms with Gasteiger partial charge in [-0.1, -0.05) is 12.5 Å². The van der Waals surface area contributed by atoms with Crippen molar-refractivity contribution in [3.63, 3.8) is 0 Å². The summed E-state index contributed by atoms with van der Waals surface area (Å²) in [6.45, 7) is -0.256. The molecule has 2 fully saturated rings. The van der Waals surface area contributed by atoms with Crippen molar-refractivity contribution in [1.29, 1.82) is 0 Å². The zero-order valence-corrected chi connectivity index (χ0v) is 14.1. The highest BCUT2D eigenvalue weighted by Crippen LogP contribution is 2.49. The molecule has 0 spiro atoms. The van der Waals surface area contributed by atoms with E-state index < -0.39 is 0 Å². The van der Waals surface area contributed by atoms with E-state index >= 15 is 0 Å². The quantitative estimate of drug-likeness (QED) is 0.843. The van der Waals surface area contributed by atoms with Crippen LogP contribution in [0, 0.1) is 17.8 Å². The van der Waals surface area contributed by atoms with Crippen molar-refractivity contribution in [3.8, 4) is 0 Å². The van der Waals surface area contributed by atoms with E-state index in [0.717, 1.165) is 29.6 Å². The van der Waals surface area contributed by atoms with E-state index in [1.54, 1.807) is 12.1 Å². The maximum atomic E-state index is 12.0. The molecule has 4 rings (SSSR count). The van der Waals surface area contributed by atoms with Crippen molar-refractivity contribution in [2.75, 3.05) is 11.9 Å².